The van der Waals surface area contributed by atoms with Gasteiger partial charge in [0.05, 0.1) is 7.82 Å². The van der Waals surface area contributed by atoms with Gasteiger partial charge in [-0.1, -0.05) is 0 Å². The van der Waals surface area contributed by atoms with E-state index in [-0.39, 0.29) is 22.8 Å². The Morgan fingerprint density at radius 3 is 2.78 bits per heavy atom. The number of imidazole rings is 1. The Bertz CT molecular complexity index is 836. The summed E-state index contributed by atoms with van der Waals surface area (Å²) in [5.41, 5.74) is 6.00. The van der Waals surface area contributed by atoms with Gasteiger partial charge in [0.15, 0.2) is 23.2 Å². The largest absolute Gasteiger partial charge is 0.790 e. The van der Waals surface area contributed by atoms with Crippen molar-refractivity contribution >= 4 is 24.8 Å². The summed E-state index contributed by atoms with van der Waals surface area (Å²) >= 11 is 0. The molecule has 0 saturated carbocycles. The standard InChI is InChI=1S/C10H12N5O7P/c11-7-2-8(13-1-12-7)15-9(14-2)6(22-23(18,19)20)5-3(16)4(17)10(15)21-5/h1,3-6,10,16-17H,(H2,11,12,13)(H2,18,19,20)/p-2/t3?,4?,5-,6-,10+/m0/s1. The normalized spacial score (nSPS) is 33.1. The molecule has 0 spiro atoms. The van der Waals surface area contributed by atoms with Crippen LogP contribution in [0.1, 0.15) is 18.2 Å². The molecular formula is C10H10N5O7P-2. The summed E-state index contributed by atoms with van der Waals surface area (Å²) < 4.78 is 22.2. The van der Waals surface area contributed by atoms with E-state index in [0.29, 0.717) is 0 Å². The Labute approximate surface area is 127 Å². The third-order valence-electron chi connectivity index (χ3n) is 3.86. The molecule has 0 amide bonds. The minimum Gasteiger partial charge on any atom is -0.790 e. The second-order valence-corrected chi connectivity index (χ2v) is 6.32. The van der Waals surface area contributed by atoms with Crippen LogP contribution in [0.15, 0.2) is 6.33 Å². The van der Waals surface area contributed by atoms with Gasteiger partial charge in [0.25, 0.3) is 0 Å². The Hall–Kier alpha value is -1.66. The number of nitrogens with zero attached hydrogens (tertiary/aromatic N) is 4. The molecule has 4 rings (SSSR count). The van der Waals surface area contributed by atoms with E-state index >= 15 is 0 Å². The fourth-order valence-corrected chi connectivity index (χ4v) is 3.43. The fourth-order valence-electron chi connectivity index (χ4n) is 2.94. The number of nitrogen functional groups attached to an aromatic ring is 1. The number of rotatable bonds is 2. The second kappa shape index (κ2) is 4.68. The summed E-state index contributed by atoms with van der Waals surface area (Å²) in [4.78, 5) is 33.9. The fraction of sp³-hybridized carbons (Fsp3) is 0.500. The Morgan fingerprint density at radius 1 is 1.35 bits per heavy atom. The lowest BCUT2D eigenvalue weighted by molar-refractivity contribution is -0.348. The number of anilines is 1. The highest BCUT2D eigenvalue weighted by Gasteiger charge is 2.55. The Balaban J connectivity index is 1.96. The first-order valence-corrected chi connectivity index (χ1v) is 7.94. The average molecular weight is 343 g/mol. The van der Waals surface area contributed by atoms with Crippen LogP contribution in [-0.4, -0.2) is 48.0 Å². The van der Waals surface area contributed by atoms with Crippen molar-refractivity contribution in [3.63, 3.8) is 0 Å². The number of hydrogen-bond acceptors (Lipinski definition) is 11. The zero-order valence-corrected chi connectivity index (χ0v) is 12.1. The van der Waals surface area contributed by atoms with Crippen molar-refractivity contribution in [3.8, 4) is 0 Å². The van der Waals surface area contributed by atoms with Gasteiger partial charge in [-0.15, -0.1) is 0 Å². The summed E-state index contributed by atoms with van der Waals surface area (Å²) in [6, 6.07) is 0. The predicted molar refractivity (Wildman–Crippen MR) is 67.1 cm³/mol. The molecule has 2 aromatic rings. The van der Waals surface area contributed by atoms with Crippen molar-refractivity contribution in [3.05, 3.63) is 12.2 Å². The molecule has 124 valence electrons. The topological polar surface area (TPSA) is 192 Å². The molecule has 0 radical (unpaired) electrons. The lowest BCUT2D eigenvalue weighted by Gasteiger charge is -2.37. The van der Waals surface area contributed by atoms with E-state index in [0.717, 1.165) is 6.33 Å². The van der Waals surface area contributed by atoms with Crippen LogP contribution in [0, 0.1) is 0 Å². The maximum Gasteiger partial charge on any atom is 0.167 e. The molecule has 13 heteroatoms. The van der Waals surface area contributed by atoms with E-state index in [2.05, 4.69) is 19.5 Å². The number of aromatic nitrogens is 4. The monoisotopic (exact) mass is 343 g/mol. The van der Waals surface area contributed by atoms with Crippen LogP contribution in [0.5, 0.6) is 0 Å². The predicted octanol–water partition coefficient (Wildman–Crippen LogP) is -3.07. The van der Waals surface area contributed by atoms with Crippen LogP contribution in [0.3, 0.4) is 0 Å². The first kappa shape index (κ1) is 14.9. The van der Waals surface area contributed by atoms with E-state index in [4.69, 9.17) is 10.5 Å². The molecule has 23 heavy (non-hydrogen) atoms. The van der Waals surface area contributed by atoms with Gasteiger partial charge in [0, 0.05) is 0 Å². The van der Waals surface area contributed by atoms with Crippen molar-refractivity contribution in [2.75, 3.05) is 5.73 Å². The highest BCUT2D eigenvalue weighted by Crippen LogP contribution is 2.49. The molecule has 2 aromatic heterocycles. The van der Waals surface area contributed by atoms with Gasteiger partial charge in [0.2, 0.25) is 0 Å². The molecular weight excluding hydrogens is 333 g/mol. The average Bonchev–Trinajstić information content (AvgIpc) is 2.96. The van der Waals surface area contributed by atoms with Crippen molar-refractivity contribution in [1.29, 1.82) is 0 Å². The van der Waals surface area contributed by atoms with E-state index in [1.165, 1.54) is 4.57 Å². The summed E-state index contributed by atoms with van der Waals surface area (Å²) in [5.74, 6) is -0.0232. The van der Waals surface area contributed by atoms with E-state index in [1.807, 2.05) is 0 Å². The molecule has 2 aliphatic rings. The number of aliphatic hydroxyl groups is 2. The van der Waals surface area contributed by atoms with Gasteiger partial charge < -0.3 is 39.6 Å². The molecule has 1 fully saturated rings. The van der Waals surface area contributed by atoms with Crippen LogP contribution < -0.4 is 15.5 Å². The summed E-state index contributed by atoms with van der Waals surface area (Å²) in [6.07, 6.45) is -5.58. The van der Waals surface area contributed by atoms with Crippen molar-refractivity contribution in [2.45, 2.75) is 30.6 Å². The number of fused-ring (bicyclic) bond motifs is 6. The second-order valence-electron chi connectivity index (χ2n) is 5.22. The molecule has 4 N–H and O–H groups in total. The molecule has 12 nitrogen and oxygen atoms in total. The highest BCUT2D eigenvalue weighted by atomic mass is 31.2. The molecule has 0 aromatic carbocycles. The zero-order valence-electron chi connectivity index (χ0n) is 11.2. The number of phosphoric acid groups is 1. The van der Waals surface area contributed by atoms with E-state index < -0.39 is 38.5 Å². The number of hydrogen-bond donors (Lipinski definition) is 3. The van der Waals surface area contributed by atoms with Gasteiger partial charge in [-0.3, -0.25) is 4.57 Å². The maximum atomic E-state index is 11.0. The Kier molecular flexibility index (Phi) is 3.03. The maximum absolute atomic E-state index is 11.0. The molecule has 5 atom stereocenters. The van der Waals surface area contributed by atoms with E-state index in [1.54, 1.807) is 0 Å². The van der Waals surface area contributed by atoms with Crippen LogP contribution in [0.2, 0.25) is 0 Å². The van der Waals surface area contributed by atoms with Crippen molar-refractivity contribution in [1.82, 2.24) is 19.5 Å². The summed E-state index contributed by atoms with van der Waals surface area (Å²) in [7, 11) is -5.42. The van der Waals surface area contributed by atoms with Crippen LogP contribution >= 0.6 is 7.82 Å². The molecule has 1 saturated heterocycles. The lowest BCUT2D eigenvalue weighted by atomic mass is 10.1. The van der Waals surface area contributed by atoms with Gasteiger partial charge in [-0.2, -0.15) is 0 Å². The quantitative estimate of drug-likeness (QED) is 0.468. The highest BCUT2D eigenvalue weighted by molar-refractivity contribution is 7.43. The number of aliphatic hydroxyl groups excluding tert-OH is 2. The number of ether oxygens (including phenoxy) is 1. The molecule has 2 aliphatic heterocycles. The summed E-state index contributed by atoms with van der Waals surface area (Å²) in [6.45, 7) is 0. The lowest BCUT2D eigenvalue weighted by Crippen LogP contribution is -2.37. The first-order chi connectivity index (χ1) is 10.8. The molecule has 0 aliphatic carbocycles. The zero-order chi connectivity index (χ0) is 16.5. The smallest absolute Gasteiger partial charge is 0.167 e. The van der Waals surface area contributed by atoms with Crippen molar-refractivity contribution in [2.24, 2.45) is 0 Å². The SMILES string of the molecule is Nc1ncnc2c1nc1n2[C@@H]2O[C@@H](C(O)C2O)[C@@H]1OP(=O)([O-])[O-]. The Morgan fingerprint density at radius 2 is 2.09 bits per heavy atom. The molecule has 2 bridgehead atoms. The van der Waals surface area contributed by atoms with Gasteiger partial charge in [-0.05, 0) is 0 Å². The molecule has 2 unspecified atom stereocenters. The molecule has 4 heterocycles. The van der Waals surface area contributed by atoms with E-state index in [9.17, 15) is 24.6 Å². The minimum absolute atomic E-state index is 0.0222. The van der Waals surface area contributed by atoms with Gasteiger partial charge in [0.1, 0.15) is 36.6 Å². The number of phosphoric ester groups is 1. The number of nitrogens with two attached hydrogens (primary N) is 1. The van der Waals surface area contributed by atoms with Crippen LogP contribution in [-0.2, 0) is 13.8 Å². The third-order valence-corrected chi connectivity index (χ3v) is 4.34. The van der Waals surface area contributed by atoms with Crippen LogP contribution in [0.4, 0.5) is 5.82 Å². The third kappa shape index (κ3) is 2.08. The summed E-state index contributed by atoms with van der Waals surface area (Å²) in [5, 5.41) is 20.1. The van der Waals surface area contributed by atoms with Gasteiger partial charge in [-0.25, -0.2) is 15.0 Å². The first-order valence-electron chi connectivity index (χ1n) is 6.48. The van der Waals surface area contributed by atoms with Gasteiger partial charge >= 0.3 is 0 Å². The minimum atomic E-state index is -5.42. The van der Waals surface area contributed by atoms with Crippen molar-refractivity contribution < 1.29 is 33.8 Å². The van der Waals surface area contributed by atoms with Crippen LogP contribution in [0.25, 0.3) is 11.2 Å².